The highest BCUT2D eigenvalue weighted by atomic mass is 31.2. The number of nitrogens with one attached hydrogen (secondary N) is 1. The third-order valence-electron chi connectivity index (χ3n) is 10.2. The van der Waals surface area contributed by atoms with E-state index in [0.717, 1.165) is 77.0 Å². The molecule has 1 amide bonds. The Morgan fingerprint density at radius 2 is 1.03 bits per heavy atom. The molecule has 58 heavy (non-hydrogen) atoms. The van der Waals surface area contributed by atoms with E-state index >= 15 is 0 Å². The summed E-state index contributed by atoms with van der Waals surface area (Å²) in [6.45, 7) is 4.69. The molecule has 0 rings (SSSR count). The summed E-state index contributed by atoms with van der Waals surface area (Å²) in [6.07, 6.45) is 52.8. The molecule has 0 aliphatic rings. The first-order chi connectivity index (χ1) is 28.0. The number of aliphatic hydroxyl groups is 1. The number of quaternary nitrogens is 1. The molecule has 338 valence electrons. The quantitative estimate of drug-likeness (QED) is 0.0245. The highest BCUT2D eigenvalue weighted by Gasteiger charge is 2.27. The molecule has 0 aliphatic carbocycles. The lowest BCUT2D eigenvalue weighted by molar-refractivity contribution is -0.870. The number of hydrogen-bond donors (Lipinski definition) is 3. The molecule has 3 N–H and O–H groups in total. The molecular formula is C49H92N2O6P+. The van der Waals surface area contributed by atoms with E-state index in [4.69, 9.17) is 9.05 Å². The van der Waals surface area contributed by atoms with Crippen LogP contribution in [0.15, 0.2) is 60.8 Å². The van der Waals surface area contributed by atoms with Gasteiger partial charge in [-0.15, -0.1) is 0 Å². The minimum atomic E-state index is -4.35. The summed E-state index contributed by atoms with van der Waals surface area (Å²) < 4.78 is 23.6. The Labute approximate surface area is 358 Å². The molecule has 0 radical (unpaired) electrons. The van der Waals surface area contributed by atoms with Gasteiger partial charge in [-0.25, -0.2) is 4.57 Å². The molecule has 0 bridgehead atoms. The third kappa shape index (κ3) is 42.3. The van der Waals surface area contributed by atoms with Crippen molar-refractivity contribution in [1.29, 1.82) is 0 Å². The zero-order valence-corrected chi connectivity index (χ0v) is 39.2. The van der Waals surface area contributed by atoms with Crippen LogP contribution < -0.4 is 5.32 Å². The summed E-state index contributed by atoms with van der Waals surface area (Å²) in [6, 6.07) is -0.856. The fourth-order valence-electron chi connectivity index (χ4n) is 6.50. The Balaban J connectivity index is 4.42. The Morgan fingerprint density at radius 3 is 1.52 bits per heavy atom. The van der Waals surface area contributed by atoms with E-state index < -0.39 is 20.0 Å². The minimum Gasteiger partial charge on any atom is -0.387 e. The Morgan fingerprint density at radius 1 is 0.603 bits per heavy atom. The van der Waals surface area contributed by atoms with Crippen LogP contribution in [0.5, 0.6) is 0 Å². The lowest BCUT2D eigenvalue weighted by Gasteiger charge is -2.25. The fraction of sp³-hybridized carbons (Fsp3) is 0.776. The van der Waals surface area contributed by atoms with Crippen molar-refractivity contribution in [2.24, 2.45) is 0 Å². The monoisotopic (exact) mass is 836 g/mol. The predicted molar refractivity (Wildman–Crippen MR) is 249 cm³/mol. The van der Waals surface area contributed by atoms with Crippen LogP contribution in [0, 0.1) is 0 Å². The van der Waals surface area contributed by atoms with Crippen LogP contribution in [-0.4, -0.2) is 73.4 Å². The lowest BCUT2D eigenvalue weighted by atomic mass is 10.0. The number of carbonyl (C=O) groups is 1. The van der Waals surface area contributed by atoms with E-state index in [1.54, 1.807) is 6.08 Å². The normalized spacial score (nSPS) is 14.8. The van der Waals surface area contributed by atoms with Gasteiger partial charge in [-0.2, -0.15) is 0 Å². The number of allylic oxidation sites excluding steroid dienone is 9. The summed E-state index contributed by atoms with van der Waals surface area (Å²) in [5.41, 5.74) is 0. The van der Waals surface area contributed by atoms with Crippen LogP contribution in [0.2, 0.25) is 0 Å². The van der Waals surface area contributed by atoms with E-state index in [0.29, 0.717) is 17.4 Å². The molecule has 8 nitrogen and oxygen atoms in total. The van der Waals surface area contributed by atoms with Crippen LogP contribution in [0.1, 0.15) is 194 Å². The maximum Gasteiger partial charge on any atom is 0.472 e. The number of phosphoric acid groups is 1. The highest BCUT2D eigenvalue weighted by Crippen LogP contribution is 2.43. The van der Waals surface area contributed by atoms with Crippen molar-refractivity contribution in [3.8, 4) is 0 Å². The lowest BCUT2D eigenvalue weighted by Crippen LogP contribution is -2.45. The molecule has 3 atom stereocenters. The van der Waals surface area contributed by atoms with Gasteiger partial charge < -0.3 is 19.8 Å². The largest absolute Gasteiger partial charge is 0.472 e. The second kappa shape index (κ2) is 40.6. The van der Waals surface area contributed by atoms with Crippen molar-refractivity contribution in [1.82, 2.24) is 5.32 Å². The van der Waals surface area contributed by atoms with Gasteiger partial charge in [-0.3, -0.25) is 13.8 Å². The van der Waals surface area contributed by atoms with Crippen molar-refractivity contribution >= 4 is 13.7 Å². The molecule has 3 unspecified atom stereocenters. The first kappa shape index (κ1) is 56.2. The highest BCUT2D eigenvalue weighted by molar-refractivity contribution is 7.47. The first-order valence-electron chi connectivity index (χ1n) is 23.7. The van der Waals surface area contributed by atoms with E-state index in [2.05, 4.69) is 67.8 Å². The first-order valence-corrected chi connectivity index (χ1v) is 25.2. The number of likely N-dealkylation sites (N-methyl/N-ethyl adjacent to an activating group) is 1. The molecule has 0 saturated heterocycles. The van der Waals surface area contributed by atoms with Crippen molar-refractivity contribution in [2.45, 2.75) is 206 Å². The molecule has 0 aromatic rings. The molecule has 9 heteroatoms. The zero-order chi connectivity index (χ0) is 42.8. The van der Waals surface area contributed by atoms with Crippen molar-refractivity contribution in [3.05, 3.63) is 60.8 Å². The second-order valence-corrected chi connectivity index (χ2v) is 18.6. The fourth-order valence-corrected chi connectivity index (χ4v) is 7.24. The molecule has 0 aromatic carbocycles. The summed E-state index contributed by atoms with van der Waals surface area (Å²) in [5.74, 6) is -0.193. The van der Waals surface area contributed by atoms with Gasteiger partial charge in [0.15, 0.2) is 0 Å². The summed E-state index contributed by atoms with van der Waals surface area (Å²) >= 11 is 0. The maximum atomic E-state index is 12.9. The van der Waals surface area contributed by atoms with Crippen LogP contribution in [0.3, 0.4) is 0 Å². The number of rotatable bonds is 42. The number of hydrogen-bond acceptors (Lipinski definition) is 5. The Kier molecular flexibility index (Phi) is 39.3. The van der Waals surface area contributed by atoms with Crippen LogP contribution in [0.4, 0.5) is 0 Å². The molecule has 0 saturated carbocycles. The van der Waals surface area contributed by atoms with Crippen molar-refractivity contribution in [2.75, 3.05) is 40.9 Å². The van der Waals surface area contributed by atoms with E-state index in [1.807, 2.05) is 27.2 Å². The van der Waals surface area contributed by atoms with E-state index in [-0.39, 0.29) is 19.1 Å². The van der Waals surface area contributed by atoms with E-state index in [9.17, 15) is 19.4 Å². The zero-order valence-electron chi connectivity index (χ0n) is 38.3. The summed E-state index contributed by atoms with van der Waals surface area (Å²) in [5, 5.41) is 13.9. The average molecular weight is 836 g/mol. The smallest absolute Gasteiger partial charge is 0.387 e. The van der Waals surface area contributed by atoms with Crippen molar-refractivity contribution in [3.63, 3.8) is 0 Å². The maximum absolute atomic E-state index is 12.9. The van der Waals surface area contributed by atoms with Crippen LogP contribution in [0.25, 0.3) is 0 Å². The van der Waals surface area contributed by atoms with Crippen LogP contribution >= 0.6 is 7.82 Å². The molecule has 0 aliphatic heterocycles. The number of unbranched alkanes of at least 4 members (excludes halogenated alkanes) is 21. The average Bonchev–Trinajstić information content (AvgIpc) is 3.17. The number of amides is 1. The second-order valence-electron chi connectivity index (χ2n) is 17.1. The molecular weight excluding hydrogens is 744 g/mol. The van der Waals surface area contributed by atoms with Gasteiger partial charge in [0.05, 0.1) is 39.9 Å². The van der Waals surface area contributed by atoms with Gasteiger partial charge in [0.1, 0.15) is 13.2 Å². The SMILES string of the molecule is CC/C=C\C/C=C\C/C=C\C/C=C\CCCCCCCCC(=O)NC(COP(=O)(O)OCC[N+](C)(C)C)C(O)/C=C/CCCCCCCCCCCCCCCCC. The molecule has 0 spiro atoms. The molecule has 0 aromatic heterocycles. The summed E-state index contributed by atoms with van der Waals surface area (Å²) in [4.78, 5) is 23.2. The standard InChI is InChI=1S/C49H91N2O6P/c1-6-8-10-12-14-16-18-20-22-24-25-27-29-31-33-35-37-39-41-43-49(53)50-47(46-57-58(54,55)56-45-44-51(3,4)5)48(52)42-40-38-36-34-32-30-28-26-23-21-19-17-15-13-11-9-7-2/h8,10,14,16,20,22,25,27,40,42,47-48,52H,6-7,9,11-13,15,17-19,21,23-24,26,28-39,41,43-46H2,1-5H3,(H-,50,53,54,55)/p+1/b10-8-,16-14-,22-20-,27-25-,42-40+. The number of aliphatic hydroxyl groups excluding tert-OH is 1. The van der Waals surface area contributed by atoms with Gasteiger partial charge in [-0.05, 0) is 57.8 Å². The van der Waals surface area contributed by atoms with Gasteiger partial charge in [-0.1, -0.05) is 190 Å². The third-order valence-corrected chi connectivity index (χ3v) is 11.2. The number of nitrogens with zero attached hydrogens (tertiary/aromatic N) is 1. The predicted octanol–water partition coefficient (Wildman–Crippen LogP) is 13.4. The van der Waals surface area contributed by atoms with E-state index in [1.165, 1.54) is 96.3 Å². The summed E-state index contributed by atoms with van der Waals surface area (Å²) in [7, 11) is 1.55. The topological polar surface area (TPSA) is 105 Å². The Hall–Kier alpha value is -1.80. The Bertz CT molecular complexity index is 1130. The molecule has 0 fully saturated rings. The van der Waals surface area contributed by atoms with Gasteiger partial charge >= 0.3 is 7.82 Å². The van der Waals surface area contributed by atoms with Gasteiger partial charge in [0.25, 0.3) is 0 Å². The number of carbonyl (C=O) groups excluding carboxylic acids is 1. The van der Waals surface area contributed by atoms with Crippen LogP contribution in [-0.2, 0) is 18.4 Å². The minimum absolute atomic E-state index is 0.0560. The molecule has 0 heterocycles. The van der Waals surface area contributed by atoms with Gasteiger partial charge in [0, 0.05) is 6.42 Å². The number of phosphoric ester groups is 1. The van der Waals surface area contributed by atoms with Crippen molar-refractivity contribution < 1.29 is 32.9 Å². The van der Waals surface area contributed by atoms with Gasteiger partial charge in [0.2, 0.25) is 5.91 Å².